The van der Waals surface area contributed by atoms with Crippen LogP contribution in [-0.2, 0) is 15.8 Å². The molecule has 0 saturated heterocycles. The fraction of sp³-hybridized carbons (Fsp3) is 0.625. The van der Waals surface area contributed by atoms with Gasteiger partial charge in [0.15, 0.2) is 0 Å². The maximum Gasteiger partial charge on any atom is 0.433 e. The van der Waals surface area contributed by atoms with Crippen molar-refractivity contribution in [3.63, 3.8) is 0 Å². The molecule has 2 amide bonds. The molecule has 1 aliphatic rings. The van der Waals surface area contributed by atoms with Gasteiger partial charge in [0.25, 0.3) is 0 Å². The van der Waals surface area contributed by atoms with Crippen LogP contribution in [0.2, 0.25) is 0 Å². The molecule has 0 spiro atoms. The number of carbonyl (C=O) groups excluding carboxylic acids is 2. The summed E-state index contributed by atoms with van der Waals surface area (Å²) in [7, 11) is 0. The van der Waals surface area contributed by atoms with Crippen LogP contribution in [0, 0.1) is 11.3 Å². The number of carbonyl (C=O) groups is 2. The minimum Gasteiger partial charge on any atom is -0.286 e. The Morgan fingerprint density at radius 1 is 1.44 bits per heavy atom. The fourth-order valence-corrected chi connectivity index (χ4v) is 3.33. The van der Waals surface area contributed by atoms with Crippen molar-refractivity contribution in [2.45, 2.75) is 45.2 Å². The number of anilines is 1. The summed E-state index contributed by atoms with van der Waals surface area (Å²) in [5, 5.41) is 9.84. The van der Waals surface area contributed by atoms with E-state index in [1.54, 1.807) is 0 Å². The van der Waals surface area contributed by atoms with Crippen molar-refractivity contribution in [3.05, 3.63) is 18.0 Å². The molecule has 1 aliphatic carbocycles. The number of hydrogen-bond acceptors (Lipinski definition) is 6. The zero-order valence-electron chi connectivity index (χ0n) is 14.8. The highest BCUT2D eigenvalue weighted by Gasteiger charge is 2.35. The van der Waals surface area contributed by atoms with E-state index in [1.807, 2.05) is 6.92 Å². The lowest BCUT2D eigenvalue weighted by Gasteiger charge is -2.29. The summed E-state index contributed by atoms with van der Waals surface area (Å²) in [6, 6.07) is 0.713. The van der Waals surface area contributed by atoms with Crippen LogP contribution in [0.4, 0.5) is 19.1 Å². The fourth-order valence-electron chi connectivity index (χ4n) is 3.33. The molecule has 8 nitrogen and oxygen atoms in total. The van der Waals surface area contributed by atoms with Gasteiger partial charge in [-0.05, 0) is 30.7 Å². The molecule has 1 saturated carbocycles. The molecule has 0 radical (unpaired) electrons. The average molecular weight is 389 g/mol. The van der Waals surface area contributed by atoms with E-state index in [4.69, 9.17) is 0 Å². The Morgan fingerprint density at radius 3 is 2.70 bits per heavy atom. The van der Waals surface area contributed by atoms with Crippen LogP contribution >= 0.6 is 0 Å². The number of halogens is 3. The van der Waals surface area contributed by atoms with E-state index in [1.165, 1.54) is 0 Å². The third-order valence-corrected chi connectivity index (χ3v) is 4.69. The molecule has 150 valence electrons. The lowest BCUT2D eigenvalue weighted by molar-refractivity contribution is -0.155. The molecular formula is C16H22F3N5O3. The number of amides is 2. The molecule has 2 rings (SSSR count). The summed E-state index contributed by atoms with van der Waals surface area (Å²) in [6.07, 6.45) is 0.833. The molecule has 0 aliphatic heterocycles. The Kier molecular flexibility index (Phi) is 6.58. The van der Waals surface area contributed by atoms with E-state index in [9.17, 15) is 28.0 Å². The number of aromatic nitrogens is 2. The van der Waals surface area contributed by atoms with Crippen LogP contribution in [0.3, 0.4) is 0 Å². The molecule has 1 aromatic rings. The Labute approximate surface area is 154 Å². The van der Waals surface area contributed by atoms with E-state index in [2.05, 4.69) is 20.8 Å². The molecule has 0 aromatic carbocycles. The first-order valence-corrected chi connectivity index (χ1v) is 8.50. The van der Waals surface area contributed by atoms with Gasteiger partial charge in [-0.1, -0.05) is 19.8 Å². The summed E-state index contributed by atoms with van der Waals surface area (Å²) in [5.41, 5.74) is 3.27. The lowest BCUT2D eigenvalue weighted by Crippen LogP contribution is -2.42. The van der Waals surface area contributed by atoms with Crippen molar-refractivity contribution in [1.29, 1.82) is 0 Å². The minimum absolute atomic E-state index is 0.0988. The highest BCUT2D eigenvalue weighted by molar-refractivity contribution is 5.80. The number of rotatable bonds is 8. The Hall–Kier alpha value is -2.43. The van der Waals surface area contributed by atoms with Gasteiger partial charge in [-0.3, -0.25) is 25.6 Å². The largest absolute Gasteiger partial charge is 0.433 e. The van der Waals surface area contributed by atoms with Gasteiger partial charge in [0.1, 0.15) is 5.69 Å². The monoisotopic (exact) mass is 389 g/mol. The van der Waals surface area contributed by atoms with Crippen LogP contribution in [-0.4, -0.2) is 39.1 Å². The van der Waals surface area contributed by atoms with E-state index >= 15 is 0 Å². The SMILES string of the molecule is CC1(C[C@@H](CN(O)C=O)C(=O)NNc2nccc(C(F)(F)F)n2)CCCC1. The van der Waals surface area contributed by atoms with Gasteiger partial charge >= 0.3 is 6.18 Å². The minimum atomic E-state index is -4.63. The third kappa shape index (κ3) is 6.05. The molecule has 0 bridgehead atoms. The smallest absolute Gasteiger partial charge is 0.286 e. The molecule has 3 N–H and O–H groups in total. The maximum absolute atomic E-state index is 12.7. The van der Waals surface area contributed by atoms with E-state index < -0.39 is 29.6 Å². The second-order valence-corrected chi connectivity index (χ2v) is 7.02. The second-order valence-electron chi connectivity index (χ2n) is 7.02. The Morgan fingerprint density at radius 2 is 2.11 bits per heavy atom. The molecule has 1 aromatic heterocycles. The van der Waals surface area contributed by atoms with Gasteiger partial charge in [0.05, 0.1) is 12.5 Å². The highest BCUT2D eigenvalue weighted by atomic mass is 19.4. The predicted octanol–water partition coefficient (Wildman–Crippen LogP) is 2.37. The van der Waals surface area contributed by atoms with Gasteiger partial charge in [0, 0.05) is 6.20 Å². The number of hydrazine groups is 1. The number of nitrogens with zero attached hydrogens (tertiary/aromatic N) is 3. The standard InChI is InChI=1S/C16H22F3N5O3/c1-15(5-2-3-6-15)8-11(9-24(27)10-25)13(26)22-23-14-20-7-4-12(21-14)16(17,18)19/h4,7,10-11,27H,2-3,5-6,8-9H2,1H3,(H,22,26)(H,20,21,23)/t11-/m0/s1. The summed E-state index contributed by atoms with van der Waals surface area (Å²) in [6.45, 7) is 1.81. The van der Waals surface area contributed by atoms with Crippen LogP contribution in [0.5, 0.6) is 0 Å². The lowest BCUT2D eigenvalue weighted by atomic mass is 9.79. The molecule has 27 heavy (non-hydrogen) atoms. The summed E-state index contributed by atoms with van der Waals surface area (Å²) in [5.74, 6) is -1.74. The van der Waals surface area contributed by atoms with E-state index in [0.29, 0.717) is 17.6 Å². The molecule has 0 unspecified atom stereocenters. The molecule has 1 fully saturated rings. The van der Waals surface area contributed by atoms with Crippen molar-refractivity contribution >= 4 is 18.3 Å². The van der Waals surface area contributed by atoms with Crippen LogP contribution in [0.1, 0.15) is 44.7 Å². The first-order valence-electron chi connectivity index (χ1n) is 8.50. The average Bonchev–Trinajstić information content (AvgIpc) is 3.04. The van der Waals surface area contributed by atoms with Crippen LogP contribution in [0.15, 0.2) is 12.3 Å². The number of hydroxylamine groups is 2. The topological polar surface area (TPSA) is 107 Å². The quantitative estimate of drug-likeness (QED) is 0.358. The first-order chi connectivity index (χ1) is 12.6. The van der Waals surface area contributed by atoms with E-state index in [-0.39, 0.29) is 18.4 Å². The van der Waals surface area contributed by atoms with Crippen LogP contribution < -0.4 is 10.9 Å². The van der Waals surface area contributed by atoms with Crippen LogP contribution in [0.25, 0.3) is 0 Å². The van der Waals surface area contributed by atoms with Gasteiger partial charge in [-0.15, -0.1) is 0 Å². The van der Waals surface area contributed by atoms with Crippen molar-refractivity contribution < 1.29 is 28.0 Å². The third-order valence-electron chi connectivity index (χ3n) is 4.69. The second kappa shape index (κ2) is 8.51. The zero-order valence-corrected chi connectivity index (χ0v) is 14.8. The summed E-state index contributed by atoms with van der Waals surface area (Å²) in [4.78, 5) is 30.1. The Bertz CT molecular complexity index is 665. The van der Waals surface area contributed by atoms with Crippen molar-refractivity contribution in [1.82, 2.24) is 20.5 Å². The molecular weight excluding hydrogens is 367 g/mol. The first kappa shape index (κ1) is 20.9. The van der Waals surface area contributed by atoms with Gasteiger partial charge in [-0.25, -0.2) is 15.0 Å². The van der Waals surface area contributed by atoms with Crippen molar-refractivity contribution in [2.24, 2.45) is 11.3 Å². The van der Waals surface area contributed by atoms with Gasteiger partial charge < -0.3 is 0 Å². The summed E-state index contributed by atoms with van der Waals surface area (Å²) >= 11 is 0. The maximum atomic E-state index is 12.7. The van der Waals surface area contributed by atoms with Gasteiger partial charge in [0.2, 0.25) is 18.3 Å². The van der Waals surface area contributed by atoms with Crippen molar-refractivity contribution in [3.8, 4) is 0 Å². The molecule has 1 heterocycles. The van der Waals surface area contributed by atoms with E-state index in [0.717, 1.165) is 31.9 Å². The molecule has 11 heteroatoms. The zero-order chi connectivity index (χ0) is 20.1. The molecule has 1 atom stereocenters. The Balaban J connectivity index is 2.03. The number of hydrogen-bond donors (Lipinski definition) is 3. The predicted molar refractivity (Wildman–Crippen MR) is 88.0 cm³/mol. The highest BCUT2D eigenvalue weighted by Crippen LogP contribution is 2.42. The van der Waals surface area contributed by atoms with Crippen molar-refractivity contribution in [2.75, 3.05) is 12.0 Å². The number of nitrogens with one attached hydrogen (secondary N) is 2. The normalized spacial score (nSPS) is 17.2. The van der Waals surface area contributed by atoms with Gasteiger partial charge in [-0.2, -0.15) is 13.2 Å². The summed E-state index contributed by atoms with van der Waals surface area (Å²) < 4.78 is 38.0. The number of alkyl halides is 3.